The largest absolute Gasteiger partial charge is 0.342 e. The number of aromatic nitrogens is 4. The van der Waals surface area contributed by atoms with Crippen molar-refractivity contribution in [1.82, 2.24) is 31.4 Å². The zero-order valence-electron chi connectivity index (χ0n) is 13.8. The van der Waals surface area contributed by atoms with Crippen LogP contribution in [0.5, 0.6) is 0 Å². The molecule has 1 aliphatic rings. The molecule has 132 valence electrons. The maximum absolute atomic E-state index is 12.4. The molecule has 12 nitrogen and oxygen atoms in total. The van der Waals surface area contributed by atoms with Gasteiger partial charge >= 0.3 is 12.0 Å². The fraction of sp³-hybridized carbons (Fsp3) is 0.462. The van der Waals surface area contributed by atoms with Gasteiger partial charge in [-0.15, -0.1) is 5.10 Å². The molecule has 0 saturated carbocycles. The summed E-state index contributed by atoms with van der Waals surface area (Å²) in [6.45, 7) is 4.74. The second kappa shape index (κ2) is 7.39. The summed E-state index contributed by atoms with van der Waals surface area (Å²) in [4.78, 5) is 44.8. The first-order valence-electron chi connectivity index (χ1n) is 7.24. The number of urea groups is 1. The van der Waals surface area contributed by atoms with E-state index in [1.54, 1.807) is 13.8 Å². The molecule has 1 fully saturated rings. The Kier molecular flexibility index (Phi) is 5.28. The standard InChI is InChI=1S/C13H16N8O4/c1-4-9(22)25-18-8(2)14-7-5-6-13(3)10(23)21(12(24)15-13)11-16-19-20-17-11/h4,7H2,1-3H3,(H,14,18)(H,15,24)(H,16,17,19,20). The zero-order valence-corrected chi connectivity index (χ0v) is 13.8. The van der Waals surface area contributed by atoms with Crippen molar-refractivity contribution in [3.8, 4) is 11.8 Å². The van der Waals surface area contributed by atoms with Crippen molar-refractivity contribution in [2.75, 3.05) is 11.4 Å². The Hall–Kier alpha value is -3.49. The van der Waals surface area contributed by atoms with E-state index in [0.29, 0.717) is 5.84 Å². The molecule has 1 saturated heterocycles. The van der Waals surface area contributed by atoms with Crippen molar-refractivity contribution in [2.45, 2.75) is 32.7 Å². The van der Waals surface area contributed by atoms with Crippen LogP contribution in [0.4, 0.5) is 10.7 Å². The van der Waals surface area contributed by atoms with Gasteiger partial charge in [-0.05, 0) is 19.1 Å². The second-order valence-electron chi connectivity index (χ2n) is 5.04. The van der Waals surface area contributed by atoms with Crippen LogP contribution in [0.2, 0.25) is 0 Å². The Morgan fingerprint density at radius 2 is 2.24 bits per heavy atom. The molecule has 3 N–H and O–H groups in total. The third-order valence-corrected chi connectivity index (χ3v) is 3.06. The molecule has 0 aliphatic carbocycles. The summed E-state index contributed by atoms with van der Waals surface area (Å²) in [5.41, 5.74) is 0.946. The fourth-order valence-electron chi connectivity index (χ4n) is 1.77. The monoisotopic (exact) mass is 348 g/mol. The van der Waals surface area contributed by atoms with E-state index in [0.717, 1.165) is 4.90 Å². The van der Waals surface area contributed by atoms with E-state index in [1.165, 1.54) is 6.92 Å². The van der Waals surface area contributed by atoms with E-state index in [-0.39, 0.29) is 18.9 Å². The minimum atomic E-state index is -1.43. The van der Waals surface area contributed by atoms with Gasteiger partial charge in [-0.1, -0.05) is 23.9 Å². The van der Waals surface area contributed by atoms with Gasteiger partial charge < -0.3 is 10.2 Å². The minimum absolute atomic E-state index is 0.0312. The van der Waals surface area contributed by atoms with Crippen LogP contribution in [0, 0.1) is 11.8 Å². The number of carbonyl (C=O) groups excluding carboxylic acids is 3. The number of rotatable bonds is 3. The smallest absolute Gasteiger partial charge is 0.333 e. The van der Waals surface area contributed by atoms with Gasteiger partial charge in [0.1, 0.15) is 12.4 Å². The maximum Gasteiger partial charge on any atom is 0.333 e. The van der Waals surface area contributed by atoms with Crippen molar-refractivity contribution < 1.29 is 19.2 Å². The molecule has 0 spiro atoms. The summed E-state index contributed by atoms with van der Waals surface area (Å²) < 4.78 is 0. The normalized spacial score (nSPS) is 20.0. The number of amidine groups is 1. The molecular weight excluding hydrogens is 332 g/mol. The minimum Gasteiger partial charge on any atom is -0.342 e. The van der Waals surface area contributed by atoms with Crippen LogP contribution in [0.25, 0.3) is 0 Å². The van der Waals surface area contributed by atoms with E-state index in [9.17, 15) is 14.4 Å². The SMILES string of the molecule is CCC(=O)ONC(C)=NCC#CC1(C)NC(=O)N(c2nn[nH]n2)C1=O. The molecule has 1 aromatic rings. The summed E-state index contributed by atoms with van der Waals surface area (Å²) in [5, 5.41) is 15.1. The number of nitrogens with one attached hydrogen (secondary N) is 3. The summed E-state index contributed by atoms with van der Waals surface area (Å²) >= 11 is 0. The zero-order chi connectivity index (χ0) is 18.4. The van der Waals surface area contributed by atoms with Crippen molar-refractivity contribution >= 4 is 29.7 Å². The summed E-state index contributed by atoms with van der Waals surface area (Å²) in [5.74, 6) is 4.47. The molecule has 0 bridgehead atoms. The lowest BCUT2D eigenvalue weighted by Gasteiger charge is -2.12. The van der Waals surface area contributed by atoms with Crippen LogP contribution < -0.4 is 15.7 Å². The number of anilines is 1. The van der Waals surface area contributed by atoms with Gasteiger partial charge in [0.05, 0.1) is 0 Å². The van der Waals surface area contributed by atoms with Gasteiger partial charge in [0, 0.05) is 6.42 Å². The molecule has 1 aromatic heterocycles. The predicted molar refractivity (Wildman–Crippen MR) is 83.9 cm³/mol. The number of H-pyrrole nitrogens is 1. The third kappa shape index (κ3) is 4.08. The van der Waals surface area contributed by atoms with Gasteiger partial charge in [0.2, 0.25) is 0 Å². The van der Waals surface area contributed by atoms with Crippen LogP contribution in [-0.2, 0) is 14.4 Å². The summed E-state index contributed by atoms with van der Waals surface area (Å²) in [6.07, 6.45) is 0.233. The lowest BCUT2D eigenvalue weighted by atomic mass is 10.0. The molecule has 1 unspecified atom stereocenters. The van der Waals surface area contributed by atoms with Crippen LogP contribution in [-0.4, -0.2) is 56.5 Å². The molecule has 25 heavy (non-hydrogen) atoms. The molecule has 2 heterocycles. The summed E-state index contributed by atoms with van der Waals surface area (Å²) in [6, 6.07) is -0.698. The number of nitrogens with zero attached hydrogens (tertiary/aromatic N) is 5. The van der Waals surface area contributed by atoms with Gasteiger partial charge in [0.15, 0.2) is 5.54 Å². The van der Waals surface area contributed by atoms with Gasteiger partial charge in [-0.2, -0.15) is 10.1 Å². The Balaban J connectivity index is 1.99. The van der Waals surface area contributed by atoms with E-state index in [2.05, 4.69) is 53.1 Å². The van der Waals surface area contributed by atoms with Gasteiger partial charge in [-0.25, -0.2) is 15.1 Å². The fourth-order valence-corrected chi connectivity index (χ4v) is 1.77. The topological polar surface area (TPSA) is 155 Å². The molecule has 0 radical (unpaired) electrons. The lowest BCUT2D eigenvalue weighted by Crippen LogP contribution is -2.42. The average Bonchev–Trinajstić information content (AvgIpc) is 3.17. The van der Waals surface area contributed by atoms with Crippen molar-refractivity contribution in [3.63, 3.8) is 0 Å². The third-order valence-electron chi connectivity index (χ3n) is 3.06. The molecule has 0 aromatic carbocycles. The first-order chi connectivity index (χ1) is 11.9. The average molecular weight is 348 g/mol. The number of aromatic amines is 1. The number of amides is 3. The lowest BCUT2D eigenvalue weighted by molar-refractivity contribution is -0.147. The molecule has 3 amide bonds. The number of aliphatic imine (C=N–C) groups is 1. The number of hydroxylamine groups is 1. The highest BCUT2D eigenvalue weighted by atomic mass is 16.7. The Labute approximate surface area is 142 Å². The second-order valence-corrected chi connectivity index (χ2v) is 5.04. The highest BCUT2D eigenvalue weighted by Crippen LogP contribution is 2.20. The molecule has 12 heteroatoms. The van der Waals surface area contributed by atoms with Crippen LogP contribution in [0.15, 0.2) is 4.99 Å². The number of imide groups is 1. The van der Waals surface area contributed by atoms with Crippen molar-refractivity contribution in [1.29, 1.82) is 0 Å². The van der Waals surface area contributed by atoms with E-state index < -0.39 is 23.4 Å². The van der Waals surface area contributed by atoms with Crippen LogP contribution >= 0.6 is 0 Å². The Bertz CT molecular complexity index is 763. The first-order valence-corrected chi connectivity index (χ1v) is 7.24. The quantitative estimate of drug-likeness (QED) is 0.204. The predicted octanol–water partition coefficient (Wildman–Crippen LogP) is -1.11. The maximum atomic E-state index is 12.4. The van der Waals surface area contributed by atoms with E-state index in [4.69, 9.17) is 0 Å². The highest BCUT2D eigenvalue weighted by molar-refractivity contribution is 6.23. The summed E-state index contributed by atoms with van der Waals surface area (Å²) in [7, 11) is 0. The molecule has 1 atom stereocenters. The van der Waals surface area contributed by atoms with Gasteiger partial charge in [0.25, 0.3) is 11.9 Å². The van der Waals surface area contributed by atoms with Crippen molar-refractivity contribution in [2.24, 2.45) is 4.99 Å². The van der Waals surface area contributed by atoms with Crippen LogP contribution in [0.1, 0.15) is 27.2 Å². The Morgan fingerprint density at radius 1 is 1.48 bits per heavy atom. The number of tetrazole rings is 1. The van der Waals surface area contributed by atoms with Crippen molar-refractivity contribution in [3.05, 3.63) is 0 Å². The molecular formula is C13H16N8O4. The van der Waals surface area contributed by atoms with Crippen LogP contribution in [0.3, 0.4) is 0 Å². The molecule has 1 aliphatic heterocycles. The Morgan fingerprint density at radius 3 is 2.88 bits per heavy atom. The first kappa shape index (κ1) is 17.9. The molecule has 2 rings (SSSR count). The number of carbonyl (C=O) groups is 3. The number of hydrogen-bond donors (Lipinski definition) is 3. The van der Waals surface area contributed by atoms with Gasteiger partial charge in [-0.3, -0.25) is 9.79 Å². The highest BCUT2D eigenvalue weighted by Gasteiger charge is 2.49. The van der Waals surface area contributed by atoms with E-state index >= 15 is 0 Å². The van der Waals surface area contributed by atoms with E-state index in [1.807, 2.05) is 0 Å². The number of hydrogen-bond acceptors (Lipinski definition) is 8.